The number of azo groups is 1. The molecule has 0 unspecified atom stereocenters. The number of benzene rings is 2. The lowest BCUT2D eigenvalue weighted by atomic mass is 10.2. The van der Waals surface area contributed by atoms with Crippen LogP contribution in [-0.4, -0.2) is 64.6 Å². The number of hydrogen-bond donors (Lipinski definition) is 1. The van der Waals surface area contributed by atoms with Gasteiger partial charge in [0.2, 0.25) is 5.13 Å². The minimum absolute atomic E-state index is 0.0167. The Labute approximate surface area is 237 Å². The van der Waals surface area contributed by atoms with Gasteiger partial charge < -0.3 is 9.74 Å². The van der Waals surface area contributed by atoms with Gasteiger partial charge in [-0.2, -0.15) is 8.42 Å². The number of aromatic nitrogens is 1. The molecule has 1 saturated heterocycles. The summed E-state index contributed by atoms with van der Waals surface area (Å²) in [6.45, 7) is 0.475. The zero-order valence-electron chi connectivity index (χ0n) is 21.4. The molecule has 0 saturated carbocycles. The summed E-state index contributed by atoms with van der Waals surface area (Å²) in [6.07, 6.45) is 0.379. The number of rotatable bonds is 13. The average Bonchev–Trinajstić information content (AvgIpc) is 3.48. The predicted octanol–water partition coefficient (Wildman–Crippen LogP) is 4.09. The van der Waals surface area contributed by atoms with Crippen LogP contribution in [0.5, 0.6) is 0 Å². The molecule has 0 spiro atoms. The third-order valence-electron chi connectivity index (χ3n) is 5.90. The molecule has 216 valence electrons. The van der Waals surface area contributed by atoms with Crippen molar-refractivity contribution in [2.45, 2.75) is 32.1 Å². The minimum atomic E-state index is -4.10. The van der Waals surface area contributed by atoms with E-state index >= 15 is 0 Å². The zero-order chi connectivity index (χ0) is 29.6. The summed E-state index contributed by atoms with van der Waals surface area (Å²) in [6, 6.07) is 11.1. The van der Waals surface area contributed by atoms with E-state index in [1.54, 1.807) is 35.2 Å². The number of amides is 2. The minimum Gasteiger partial charge on any atom is -0.371 e. The Morgan fingerprint density at radius 2 is 1.80 bits per heavy atom. The predicted molar refractivity (Wildman–Crippen MR) is 147 cm³/mol. The lowest BCUT2D eigenvalue weighted by Gasteiger charge is -2.25. The van der Waals surface area contributed by atoms with Crippen molar-refractivity contribution in [2.75, 3.05) is 23.7 Å². The van der Waals surface area contributed by atoms with Gasteiger partial charge in [0.1, 0.15) is 0 Å². The van der Waals surface area contributed by atoms with Crippen LogP contribution in [0, 0.1) is 10.1 Å². The van der Waals surface area contributed by atoms with Crippen molar-refractivity contribution in [3.8, 4) is 0 Å². The molecule has 0 bridgehead atoms. The molecule has 15 nitrogen and oxygen atoms in total. The van der Waals surface area contributed by atoms with Gasteiger partial charge in [-0.05, 0) is 43.2 Å². The van der Waals surface area contributed by atoms with Crippen LogP contribution in [0.4, 0.5) is 22.2 Å². The molecule has 2 aromatic carbocycles. The number of thiazole rings is 1. The molecule has 3 aromatic rings. The lowest BCUT2D eigenvalue weighted by molar-refractivity contribution is -0.384. The standard InChI is InChI=1S/C24H24N6O9S2/c31-21-9-10-22(32)29(21)39-23(33)11-13-28(12-1-2-14-41(36,37)38)17-5-3-16(4-6-17)26-27-24-25-19-8-7-18(30(34)35)15-20(19)40-24/h3-8,15H,1-2,9-14H2,(H,36,37,38). The number of unbranched alkanes of at least 4 members (excludes halogenated alkanes) is 1. The van der Waals surface area contributed by atoms with Gasteiger partial charge in [0.15, 0.2) is 0 Å². The van der Waals surface area contributed by atoms with Gasteiger partial charge >= 0.3 is 5.97 Å². The summed E-state index contributed by atoms with van der Waals surface area (Å²) in [5.74, 6) is -2.34. The number of carbonyl (C=O) groups is 3. The number of imide groups is 1. The summed E-state index contributed by atoms with van der Waals surface area (Å²) in [5, 5.41) is 20.0. The summed E-state index contributed by atoms with van der Waals surface area (Å²) >= 11 is 1.16. The van der Waals surface area contributed by atoms with Crippen LogP contribution in [0.3, 0.4) is 0 Å². The van der Waals surface area contributed by atoms with Crippen molar-refractivity contribution < 1.29 is 37.1 Å². The van der Waals surface area contributed by atoms with Crippen LogP contribution in [0.2, 0.25) is 0 Å². The highest BCUT2D eigenvalue weighted by Crippen LogP contribution is 2.32. The van der Waals surface area contributed by atoms with Crippen molar-refractivity contribution in [1.29, 1.82) is 0 Å². The molecule has 1 aliphatic heterocycles. The number of nitrogens with zero attached hydrogens (tertiary/aromatic N) is 6. The van der Waals surface area contributed by atoms with E-state index in [1.165, 1.54) is 12.1 Å². The number of non-ortho nitro benzene ring substituents is 1. The van der Waals surface area contributed by atoms with Gasteiger partial charge in [-0.1, -0.05) is 11.3 Å². The lowest BCUT2D eigenvalue weighted by Crippen LogP contribution is -2.34. The van der Waals surface area contributed by atoms with Crippen molar-refractivity contribution in [1.82, 2.24) is 10.0 Å². The second-order valence-electron chi connectivity index (χ2n) is 8.90. The zero-order valence-corrected chi connectivity index (χ0v) is 23.0. The van der Waals surface area contributed by atoms with Gasteiger partial charge in [-0.25, -0.2) is 9.78 Å². The highest BCUT2D eigenvalue weighted by Gasteiger charge is 2.32. The van der Waals surface area contributed by atoms with Crippen LogP contribution in [-0.2, 0) is 29.3 Å². The van der Waals surface area contributed by atoms with E-state index in [0.29, 0.717) is 44.8 Å². The summed E-state index contributed by atoms with van der Waals surface area (Å²) < 4.78 is 31.7. The first-order valence-electron chi connectivity index (χ1n) is 12.3. The van der Waals surface area contributed by atoms with Gasteiger partial charge in [-0.15, -0.1) is 15.3 Å². The molecule has 0 aliphatic carbocycles. The molecular formula is C24H24N6O9S2. The fourth-order valence-corrected chi connectivity index (χ4v) is 5.27. The van der Waals surface area contributed by atoms with E-state index in [9.17, 15) is 32.9 Å². The maximum Gasteiger partial charge on any atom is 0.334 e. The van der Waals surface area contributed by atoms with Gasteiger partial charge in [-0.3, -0.25) is 24.3 Å². The number of nitro groups is 1. The van der Waals surface area contributed by atoms with Crippen molar-refractivity contribution in [3.05, 3.63) is 52.6 Å². The van der Waals surface area contributed by atoms with Gasteiger partial charge in [0.25, 0.3) is 27.6 Å². The second-order valence-corrected chi connectivity index (χ2v) is 11.5. The maximum absolute atomic E-state index is 12.3. The second kappa shape index (κ2) is 12.9. The monoisotopic (exact) mass is 604 g/mol. The Kier molecular flexibility index (Phi) is 9.31. The molecule has 2 heterocycles. The highest BCUT2D eigenvalue weighted by atomic mass is 32.2. The normalized spacial score (nSPS) is 13.8. The average molecular weight is 605 g/mol. The molecule has 2 amide bonds. The van der Waals surface area contributed by atoms with E-state index < -0.39 is 38.6 Å². The van der Waals surface area contributed by atoms with Crippen LogP contribution in [0.1, 0.15) is 32.1 Å². The number of hydrogen-bond acceptors (Lipinski definition) is 13. The smallest absolute Gasteiger partial charge is 0.334 e. The molecule has 41 heavy (non-hydrogen) atoms. The van der Waals surface area contributed by atoms with Crippen molar-refractivity contribution >= 4 is 71.6 Å². The number of nitro benzene ring substituents is 1. The molecule has 1 fully saturated rings. The molecule has 4 rings (SSSR count). The van der Waals surface area contributed by atoms with Crippen molar-refractivity contribution in [3.63, 3.8) is 0 Å². The third-order valence-corrected chi connectivity index (χ3v) is 7.61. The largest absolute Gasteiger partial charge is 0.371 e. The molecule has 0 atom stereocenters. The maximum atomic E-state index is 12.3. The van der Waals surface area contributed by atoms with E-state index in [1.807, 2.05) is 0 Å². The number of hydroxylamine groups is 2. The Morgan fingerprint density at radius 1 is 1.10 bits per heavy atom. The molecule has 1 aromatic heterocycles. The fraction of sp³-hybridized carbons (Fsp3) is 0.333. The summed E-state index contributed by atoms with van der Waals surface area (Å²) in [7, 11) is -4.10. The summed E-state index contributed by atoms with van der Waals surface area (Å²) in [5.41, 5.74) is 1.67. The Balaban J connectivity index is 1.41. The third kappa shape index (κ3) is 8.32. The first-order chi connectivity index (χ1) is 19.5. The van der Waals surface area contributed by atoms with E-state index in [2.05, 4.69) is 15.2 Å². The van der Waals surface area contributed by atoms with Crippen LogP contribution < -0.4 is 4.90 Å². The van der Waals surface area contributed by atoms with Crippen LogP contribution in [0.15, 0.2) is 52.7 Å². The van der Waals surface area contributed by atoms with E-state index in [0.717, 1.165) is 11.3 Å². The van der Waals surface area contributed by atoms with Gasteiger partial charge in [0, 0.05) is 43.8 Å². The molecule has 0 radical (unpaired) electrons. The van der Waals surface area contributed by atoms with Gasteiger partial charge in [0.05, 0.1) is 33.0 Å². The first-order valence-corrected chi connectivity index (χ1v) is 14.7. The quantitative estimate of drug-likeness (QED) is 0.0735. The topological polar surface area (TPSA) is 202 Å². The molecule has 1 N–H and O–H groups in total. The Bertz CT molecular complexity index is 1590. The van der Waals surface area contributed by atoms with Crippen LogP contribution >= 0.6 is 11.3 Å². The number of fused-ring (bicyclic) bond motifs is 1. The van der Waals surface area contributed by atoms with Crippen LogP contribution in [0.25, 0.3) is 10.2 Å². The molecule has 1 aliphatic rings. The first kappa shape index (κ1) is 29.6. The Morgan fingerprint density at radius 3 is 2.46 bits per heavy atom. The molecular weight excluding hydrogens is 580 g/mol. The summed E-state index contributed by atoms with van der Waals surface area (Å²) in [4.78, 5) is 57.2. The number of carbonyl (C=O) groups excluding carboxylic acids is 3. The van der Waals surface area contributed by atoms with E-state index in [-0.39, 0.29) is 37.9 Å². The number of anilines is 1. The molecule has 17 heteroatoms. The van der Waals surface area contributed by atoms with Crippen molar-refractivity contribution in [2.24, 2.45) is 10.2 Å². The SMILES string of the molecule is O=C(CCN(CCCCS(=O)(=O)O)c1ccc(N=Nc2nc3ccc([N+](=O)[O-])cc3s2)cc1)ON1C(=O)CCC1=O. The highest BCUT2D eigenvalue weighted by molar-refractivity contribution is 7.85. The fourth-order valence-electron chi connectivity index (χ4n) is 3.88. The Hall–Kier alpha value is -4.35. The van der Waals surface area contributed by atoms with E-state index in [4.69, 9.17) is 9.39 Å².